The largest absolute Gasteiger partial charge is 0.465 e. The molecule has 1 saturated heterocycles. The van der Waals surface area contributed by atoms with Crippen molar-refractivity contribution in [2.24, 2.45) is 0 Å². The van der Waals surface area contributed by atoms with E-state index in [1.54, 1.807) is 0 Å². The van der Waals surface area contributed by atoms with Crippen molar-refractivity contribution >= 4 is 11.7 Å². The van der Waals surface area contributed by atoms with Crippen LogP contribution in [0.25, 0.3) is 0 Å². The number of carbonyl (C=O) groups excluding carboxylic acids is 1. The lowest BCUT2D eigenvalue weighted by Crippen LogP contribution is -2.44. The smallest absolute Gasteiger partial charge is 0.319 e. The summed E-state index contributed by atoms with van der Waals surface area (Å²) in [5, 5.41) is 5.78. The van der Waals surface area contributed by atoms with Crippen LogP contribution in [-0.4, -0.2) is 43.8 Å². The second kappa shape index (κ2) is 7.99. The summed E-state index contributed by atoms with van der Waals surface area (Å²) < 4.78 is 11.2. The van der Waals surface area contributed by atoms with Gasteiger partial charge in [0.25, 0.3) is 0 Å². The molecule has 6 nitrogen and oxygen atoms in total. The van der Waals surface area contributed by atoms with Crippen LogP contribution in [0.15, 0.2) is 46.9 Å². The Morgan fingerprint density at radius 3 is 2.58 bits per heavy atom. The summed E-state index contributed by atoms with van der Waals surface area (Å²) in [5.41, 5.74) is 0.770. The van der Waals surface area contributed by atoms with Crippen LogP contribution in [0.5, 0.6) is 0 Å². The number of furan rings is 1. The van der Waals surface area contributed by atoms with Crippen molar-refractivity contribution in [3.05, 3.63) is 54.0 Å². The number of morpholine rings is 1. The number of hydrogen-bond donors (Lipinski definition) is 2. The molecule has 1 aliphatic heterocycles. The van der Waals surface area contributed by atoms with E-state index in [1.165, 1.54) is 0 Å². The van der Waals surface area contributed by atoms with Gasteiger partial charge >= 0.3 is 6.03 Å². The van der Waals surface area contributed by atoms with E-state index in [-0.39, 0.29) is 12.1 Å². The van der Waals surface area contributed by atoms with Gasteiger partial charge in [-0.15, -0.1) is 0 Å². The molecule has 2 N–H and O–H groups in total. The molecule has 0 saturated carbocycles. The van der Waals surface area contributed by atoms with Crippen molar-refractivity contribution in [1.82, 2.24) is 10.2 Å². The highest BCUT2D eigenvalue weighted by atomic mass is 16.5. The van der Waals surface area contributed by atoms with Crippen molar-refractivity contribution in [3.8, 4) is 0 Å². The minimum atomic E-state index is -0.220. The highest BCUT2D eigenvalue weighted by Crippen LogP contribution is 2.23. The fourth-order valence-electron chi connectivity index (χ4n) is 2.82. The van der Waals surface area contributed by atoms with Gasteiger partial charge in [0.15, 0.2) is 0 Å². The van der Waals surface area contributed by atoms with Gasteiger partial charge in [-0.2, -0.15) is 0 Å². The van der Waals surface area contributed by atoms with Crippen LogP contribution in [0.3, 0.4) is 0 Å². The van der Waals surface area contributed by atoms with Crippen molar-refractivity contribution in [2.75, 3.05) is 38.2 Å². The first-order valence-electron chi connectivity index (χ1n) is 8.20. The van der Waals surface area contributed by atoms with Gasteiger partial charge < -0.3 is 19.8 Å². The Hall–Kier alpha value is -2.31. The number of urea groups is 1. The lowest BCUT2D eigenvalue weighted by Gasteiger charge is -2.33. The Kier molecular flexibility index (Phi) is 5.51. The Labute approximate surface area is 141 Å². The average Bonchev–Trinajstić information content (AvgIpc) is 3.03. The maximum absolute atomic E-state index is 12.1. The summed E-state index contributed by atoms with van der Waals surface area (Å²) >= 11 is 0. The summed E-state index contributed by atoms with van der Waals surface area (Å²) in [7, 11) is 0. The molecule has 0 radical (unpaired) electrons. The molecule has 6 heteroatoms. The standard InChI is InChI=1S/C18H23N3O3/c1-14-7-8-17(24-14)16(21-9-11-23-12-10-21)13-19-18(22)20-15-5-3-2-4-6-15/h2-8,16H,9-13H2,1H3,(H2,19,20,22)/t16-/m0/s1. The first-order valence-corrected chi connectivity index (χ1v) is 8.20. The average molecular weight is 329 g/mol. The molecule has 1 fully saturated rings. The lowest BCUT2D eigenvalue weighted by atomic mass is 10.1. The van der Waals surface area contributed by atoms with Crippen LogP contribution in [-0.2, 0) is 4.74 Å². The summed E-state index contributed by atoms with van der Waals surface area (Å²) in [6.45, 7) is 5.46. The molecule has 3 rings (SSSR count). The lowest BCUT2D eigenvalue weighted by molar-refractivity contribution is 0.0122. The molecule has 0 unspecified atom stereocenters. The fraction of sp³-hybridized carbons (Fsp3) is 0.389. The summed E-state index contributed by atoms with van der Waals surface area (Å²) in [5.74, 6) is 1.74. The monoisotopic (exact) mass is 329 g/mol. The summed E-state index contributed by atoms with van der Waals surface area (Å²) in [4.78, 5) is 14.4. The Balaban J connectivity index is 1.62. The number of nitrogens with one attached hydrogen (secondary N) is 2. The normalized spacial score (nSPS) is 16.5. The second-order valence-electron chi connectivity index (χ2n) is 5.81. The number of nitrogens with zero attached hydrogens (tertiary/aromatic N) is 1. The second-order valence-corrected chi connectivity index (χ2v) is 5.81. The molecule has 2 aromatic rings. The van der Waals surface area contributed by atoms with Gasteiger partial charge in [-0.1, -0.05) is 18.2 Å². The summed E-state index contributed by atoms with van der Waals surface area (Å²) in [6, 6.07) is 13.1. The molecule has 2 heterocycles. The molecule has 1 aliphatic rings. The first kappa shape index (κ1) is 16.5. The maximum atomic E-state index is 12.1. The van der Waals surface area contributed by atoms with Crippen LogP contribution in [0.1, 0.15) is 17.6 Å². The molecular formula is C18H23N3O3. The van der Waals surface area contributed by atoms with E-state index in [1.807, 2.05) is 49.4 Å². The third-order valence-corrected chi connectivity index (χ3v) is 4.06. The van der Waals surface area contributed by atoms with Crippen LogP contribution >= 0.6 is 0 Å². The van der Waals surface area contributed by atoms with Crippen LogP contribution in [0.4, 0.5) is 10.5 Å². The zero-order chi connectivity index (χ0) is 16.8. The highest BCUT2D eigenvalue weighted by Gasteiger charge is 2.25. The van der Waals surface area contributed by atoms with Crippen molar-refractivity contribution in [1.29, 1.82) is 0 Å². The molecule has 1 atom stereocenters. The van der Waals surface area contributed by atoms with E-state index in [4.69, 9.17) is 9.15 Å². The number of para-hydroxylation sites is 1. The van der Waals surface area contributed by atoms with Gasteiger partial charge in [0.05, 0.1) is 19.3 Å². The zero-order valence-electron chi connectivity index (χ0n) is 13.8. The Morgan fingerprint density at radius 2 is 1.92 bits per heavy atom. The molecule has 0 bridgehead atoms. The van der Waals surface area contributed by atoms with E-state index in [9.17, 15) is 4.79 Å². The molecule has 0 aliphatic carbocycles. The molecule has 0 spiro atoms. The van der Waals surface area contributed by atoms with E-state index in [2.05, 4.69) is 15.5 Å². The Bertz CT molecular complexity index is 651. The summed E-state index contributed by atoms with van der Waals surface area (Å²) in [6.07, 6.45) is 0. The molecule has 2 amide bonds. The number of benzene rings is 1. The van der Waals surface area contributed by atoms with Crippen LogP contribution < -0.4 is 10.6 Å². The maximum Gasteiger partial charge on any atom is 0.319 e. The molecule has 1 aromatic heterocycles. The quantitative estimate of drug-likeness (QED) is 0.885. The number of ether oxygens (including phenoxy) is 1. The van der Waals surface area contributed by atoms with E-state index in [0.29, 0.717) is 19.8 Å². The van der Waals surface area contributed by atoms with E-state index >= 15 is 0 Å². The molecular weight excluding hydrogens is 306 g/mol. The minimum Gasteiger partial charge on any atom is -0.465 e. The number of anilines is 1. The number of hydrogen-bond acceptors (Lipinski definition) is 4. The molecule has 24 heavy (non-hydrogen) atoms. The van der Waals surface area contributed by atoms with Crippen LogP contribution in [0.2, 0.25) is 0 Å². The van der Waals surface area contributed by atoms with Gasteiger partial charge in [0.2, 0.25) is 0 Å². The van der Waals surface area contributed by atoms with E-state index in [0.717, 1.165) is 30.3 Å². The predicted octanol–water partition coefficient (Wildman–Crippen LogP) is 2.78. The first-order chi connectivity index (χ1) is 11.7. The SMILES string of the molecule is Cc1ccc([C@H](CNC(=O)Nc2ccccc2)N2CCOCC2)o1. The zero-order valence-corrected chi connectivity index (χ0v) is 13.8. The molecule has 128 valence electrons. The van der Waals surface area contributed by atoms with Crippen molar-refractivity contribution < 1.29 is 13.9 Å². The number of rotatable bonds is 5. The van der Waals surface area contributed by atoms with Gasteiger partial charge in [0, 0.05) is 25.3 Å². The minimum absolute atomic E-state index is 0.00382. The van der Waals surface area contributed by atoms with Crippen molar-refractivity contribution in [3.63, 3.8) is 0 Å². The predicted molar refractivity (Wildman–Crippen MR) is 92.0 cm³/mol. The van der Waals surface area contributed by atoms with E-state index < -0.39 is 0 Å². The van der Waals surface area contributed by atoms with Crippen LogP contribution in [0, 0.1) is 6.92 Å². The number of carbonyl (C=O) groups is 1. The fourth-order valence-corrected chi connectivity index (χ4v) is 2.82. The Morgan fingerprint density at radius 1 is 1.17 bits per heavy atom. The number of aryl methyl sites for hydroxylation is 1. The van der Waals surface area contributed by atoms with Gasteiger partial charge in [-0.05, 0) is 31.2 Å². The third kappa shape index (κ3) is 4.37. The topological polar surface area (TPSA) is 66.7 Å². The van der Waals surface area contributed by atoms with Gasteiger partial charge in [-0.3, -0.25) is 4.90 Å². The molecule has 1 aromatic carbocycles. The van der Waals surface area contributed by atoms with Crippen molar-refractivity contribution in [2.45, 2.75) is 13.0 Å². The van der Waals surface area contributed by atoms with Gasteiger partial charge in [-0.25, -0.2) is 4.79 Å². The number of amides is 2. The highest BCUT2D eigenvalue weighted by molar-refractivity contribution is 5.89. The third-order valence-electron chi connectivity index (χ3n) is 4.06. The van der Waals surface area contributed by atoms with Gasteiger partial charge in [0.1, 0.15) is 11.5 Å².